The molecule has 0 atom stereocenters. The van der Waals surface area contributed by atoms with E-state index in [-0.39, 0.29) is 54.6 Å². The summed E-state index contributed by atoms with van der Waals surface area (Å²) in [4.78, 5) is 14.4. The summed E-state index contributed by atoms with van der Waals surface area (Å²) in [5.74, 6) is 0.905. The first-order chi connectivity index (χ1) is 31.4. The lowest BCUT2D eigenvalue weighted by Gasteiger charge is -2.22. The smallest absolute Gasteiger partial charge is 0.161 e. The lowest BCUT2D eigenvalue weighted by Crippen LogP contribution is -2.50. The van der Waals surface area contributed by atoms with Crippen LogP contribution in [0, 0.1) is 0 Å². The quantitative estimate of drug-likeness (QED) is 0.138. The van der Waals surface area contributed by atoms with E-state index in [1.165, 1.54) is 0 Å². The third-order valence-electron chi connectivity index (χ3n) is 12.1. The van der Waals surface area contributed by atoms with E-state index in [0.29, 0.717) is 67.6 Å². The predicted octanol–water partition coefficient (Wildman–Crippen LogP) is 0.536. The Hall–Kier alpha value is -6.72. The van der Waals surface area contributed by atoms with Gasteiger partial charge in [0.15, 0.2) is 11.7 Å². The minimum Gasteiger partial charge on any atom is -0.456 e. The van der Waals surface area contributed by atoms with Crippen LogP contribution < -0.4 is 54.6 Å². The molecule has 0 saturated heterocycles. The SMILES string of the molecule is [B]c1c([B])c([B])c2c(c1[B])c([B])c([B])c1c3c([B])c([B])c([B])c([B])c3n(-c3cccc(-c4ccc5oc6cccc(C(N=C)=NC(=NCc7ccccc7)c7ccccc7)c6c5c4)c3)c21. The number of benzene rings is 8. The number of hydrogen-bond acceptors (Lipinski definition) is 2. The van der Waals surface area contributed by atoms with E-state index in [1.807, 2.05) is 120 Å². The molecular weight excluding hydrogens is 781 g/mol. The van der Waals surface area contributed by atoms with Gasteiger partial charge in [0.1, 0.15) is 89.6 Å². The maximum absolute atomic E-state index is 6.89. The van der Waals surface area contributed by atoms with E-state index in [0.717, 1.165) is 38.6 Å². The molecule has 65 heavy (non-hydrogen) atoms. The van der Waals surface area contributed by atoms with Gasteiger partial charge < -0.3 is 8.98 Å². The van der Waals surface area contributed by atoms with E-state index in [4.69, 9.17) is 92.9 Å². The topological polar surface area (TPSA) is 55.1 Å². The monoisotopic (exact) mass is 806 g/mol. The zero-order valence-corrected chi connectivity index (χ0v) is 34.9. The summed E-state index contributed by atoms with van der Waals surface area (Å²) in [5.41, 5.74) is 8.45. The first-order valence-electron chi connectivity index (χ1n) is 20.5. The van der Waals surface area contributed by atoms with Crippen molar-refractivity contribution in [2.75, 3.05) is 0 Å². The number of furan rings is 1. The average Bonchev–Trinajstić information content (AvgIpc) is 3.90. The molecule has 8 aromatic carbocycles. The highest BCUT2D eigenvalue weighted by molar-refractivity contribution is 6.73. The summed E-state index contributed by atoms with van der Waals surface area (Å²) in [7, 11) is 66.5. The van der Waals surface area contributed by atoms with Crippen molar-refractivity contribution in [3.05, 3.63) is 138 Å². The van der Waals surface area contributed by atoms with Crippen molar-refractivity contribution in [1.82, 2.24) is 4.57 Å². The second-order valence-electron chi connectivity index (χ2n) is 15.8. The first-order valence-corrected chi connectivity index (χ1v) is 20.5. The maximum atomic E-state index is 6.89. The van der Waals surface area contributed by atoms with E-state index in [2.05, 4.69) is 17.8 Å². The Bertz CT molecular complexity index is 3710. The highest BCUT2D eigenvalue weighted by atomic mass is 16.3. The van der Waals surface area contributed by atoms with Crippen LogP contribution in [0.4, 0.5) is 0 Å². The lowest BCUT2D eigenvalue weighted by molar-refractivity contribution is 0.669. The van der Waals surface area contributed by atoms with Crippen molar-refractivity contribution in [3.8, 4) is 16.8 Å². The number of aliphatic imine (C=N–C) groups is 3. The number of aromatic nitrogens is 1. The zero-order valence-electron chi connectivity index (χ0n) is 34.9. The summed E-state index contributed by atoms with van der Waals surface area (Å²) in [6, 6.07) is 39.4. The van der Waals surface area contributed by atoms with E-state index >= 15 is 0 Å². The minimum absolute atomic E-state index is 0.0815. The van der Waals surface area contributed by atoms with Gasteiger partial charge in [0.2, 0.25) is 0 Å². The second kappa shape index (κ2) is 16.4. The summed E-state index contributed by atoms with van der Waals surface area (Å²) in [5, 5.41) is 3.25. The van der Waals surface area contributed by atoms with Crippen molar-refractivity contribution in [2.45, 2.75) is 6.54 Å². The Balaban J connectivity index is 1.19. The van der Waals surface area contributed by atoms with Crippen molar-refractivity contribution in [3.63, 3.8) is 0 Å². The lowest BCUT2D eigenvalue weighted by atomic mass is 9.61. The van der Waals surface area contributed by atoms with Crippen LogP contribution in [0.2, 0.25) is 0 Å². The summed E-state index contributed by atoms with van der Waals surface area (Å²) >= 11 is 0. The fourth-order valence-electron chi connectivity index (χ4n) is 8.85. The van der Waals surface area contributed by atoms with Gasteiger partial charge in [0.25, 0.3) is 0 Å². The largest absolute Gasteiger partial charge is 0.456 e. The molecule has 0 amide bonds. The van der Waals surface area contributed by atoms with Gasteiger partial charge in [-0.25, -0.2) is 9.98 Å². The molecule has 280 valence electrons. The molecule has 0 aliphatic heterocycles. The standard InChI is InChI=1S/C50H24B10N4O/c1-61-50(63-49(24-12-6-3-7-13-24)62-22-23-10-4-2-5-11-23)28-16-9-17-31-32(28)29-21-26(18-19-30(29)65-31)25-14-8-15-27(20-25)64-47-34-33(38(52)42(56)43(57)40(34)54)37(51)39(53)35(47)36-41(55)44(58)45(59)46(60)48(36)64/h2-21H,1,22H2. The molecule has 0 spiro atoms. The molecule has 0 fully saturated rings. The number of hydrogen-bond donors (Lipinski definition) is 0. The molecule has 5 nitrogen and oxygen atoms in total. The average molecular weight is 805 g/mol. The third-order valence-corrected chi connectivity index (χ3v) is 12.1. The van der Waals surface area contributed by atoms with Crippen molar-refractivity contribution >= 4 is 206 Å². The van der Waals surface area contributed by atoms with E-state index < -0.39 is 0 Å². The van der Waals surface area contributed by atoms with Crippen molar-refractivity contribution in [2.24, 2.45) is 15.0 Å². The molecule has 0 aliphatic rings. The molecule has 0 aliphatic carbocycles. The molecule has 2 heterocycles. The zero-order chi connectivity index (χ0) is 45.4. The molecular formula is C50H24B10N4O. The molecule has 10 aromatic rings. The molecule has 0 unspecified atom stereocenters. The molecule has 0 N–H and O–H groups in total. The normalized spacial score (nSPS) is 12.3. The van der Waals surface area contributed by atoms with Crippen molar-refractivity contribution in [1.29, 1.82) is 0 Å². The minimum atomic E-state index is 0.0815. The molecule has 20 radical (unpaired) electrons. The van der Waals surface area contributed by atoms with Crippen LogP contribution in [-0.4, -0.2) is 101 Å². The first kappa shape index (κ1) is 42.2. The second-order valence-corrected chi connectivity index (χ2v) is 15.8. The Morgan fingerprint density at radius 1 is 0.477 bits per heavy atom. The van der Waals surface area contributed by atoms with Crippen LogP contribution in [0.1, 0.15) is 16.7 Å². The van der Waals surface area contributed by atoms with Gasteiger partial charge in [0.05, 0.1) is 12.1 Å². The Morgan fingerprint density at radius 3 is 1.74 bits per heavy atom. The molecule has 0 saturated carbocycles. The van der Waals surface area contributed by atoms with Crippen LogP contribution in [0.15, 0.2) is 141 Å². The van der Waals surface area contributed by atoms with E-state index in [9.17, 15) is 0 Å². The number of rotatable bonds is 6. The maximum Gasteiger partial charge on any atom is 0.161 e. The van der Waals surface area contributed by atoms with E-state index in [1.54, 1.807) is 0 Å². The third kappa shape index (κ3) is 6.73. The fourth-order valence-corrected chi connectivity index (χ4v) is 8.85. The van der Waals surface area contributed by atoms with Gasteiger partial charge in [-0.05, 0) is 69.9 Å². The predicted molar refractivity (Wildman–Crippen MR) is 284 cm³/mol. The Morgan fingerprint density at radius 2 is 1.05 bits per heavy atom. The number of fused-ring (bicyclic) bond motifs is 8. The van der Waals surface area contributed by atoms with Gasteiger partial charge in [-0.2, -0.15) is 0 Å². The van der Waals surface area contributed by atoms with Crippen LogP contribution in [0.5, 0.6) is 0 Å². The van der Waals surface area contributed by atoms with Crippen LogP contribution in [0.3, 0.4) is 0 Å². The Kier molecular flexibility index (Phi) is 10.6. The molecule has 15 heteroatoms. The van der Waals surface area contributed by atoms with Gasteiger partial charge in [-0.3, -0.25) is 4.99 Å². The molecule has 2 aromatic heterocycles. The summed E-state index contributed by atoms with van der Waals surface area (Å²) in [6.07, 6.45) is 0. The van der Waals surface area contributed by atoms with Gasteiger partial charge >= 0.3 is 0 Å². The fraction of sp³-hybridized carbons (Fsp3) is 0.0200. The molecule has 0 bridgehead atoms. The highest BCUT2D eigenvalue weighted by Gasteiger charge is 2.25. The Labute approximate surface area is 389 Å². The van der Waals surface area contributed by atoms with Crippen LogP contribution in [-0.2, 0) is 6.54 Å². The van der Waals surface area contributed by atoms with Crippen LogP contribution >= 0.6 is 0 Å². The summed E-state index contributed by atoms with van der Waals surface area (Å²) in [6.45, 7) is 4.37. The van der Waals surface area contributed by atoms with Crippen LogP contribution in [0.25, 0.3) is 71.3 Å². The highest BCUT2D eigenvalue weighted by Crippen LogP contribution is 2.37. The summed E-state index contributed by atoms with van der Waals surface area (Å²) < 4.78 is 8.32. The van der Waals surface area contributed by atoms with Gasteiger partial charge in [-0.15, -0.1) is 21.9 Å². The van der Waals surface area contributed by atoms with Crippen molar-refractivity contribution < 1.29 is 4.42 Å². The number of amidine groups is 2. The number of nitrogens with zero attached hydrogens (tertiary/aromatic N) is 4. The van der Waals surface area contributed by atoms with Gasteiger partial charge in [0, 0.05) is 38.5 Å². The van der Waals surface area contributed by atoms with Gasteiger partial charge in [-0.1, -0.05) is 124 Å². The molecule has 10 rings (SSSR count).